The van der Waals surface area contributed by atoms with E-state index in [-0.39, 0.29) is 29.3 Å². The Kier molecular flexibility index (Phi) is 8.50. The molecule has 11 heteroatoms. The molecule has 0 radical (unpaired) electrons. The summed E-state index contributed by atoms with van der Waals surface area (Å²) in [6, 6.07) is 12.7. The van der Waals surface area contributed by atoms with Crippen molar-refractivity contribution in [3.05, 3.63) is 65.2 Å². The molecule has 1 saturated heterocycles. The van der Waals surface area contributed by atoms with Crippen LogP contribution < -0.4 is 15.4 Å². The lowest BCUT2D eigenvalue weighted by Crippen LogP contribution is -2.65. The highest BCUT2D eigenvalue weighted by Crippen LogP contribution is 2.65. The van der Waals surface area contributed by atoms with Crippen LogP contribution in [0.5, 0.6) is 5.75 Å². The van der Waals surface area contributed by atoms with Crippen molar-refractivity contribution < 1.29 is 38.3 Å². The van der Waals surface area contributed by atoms with Gasteiger partial charge in [0.1, 0.15) is 23.0 Å². The number of aromatic carboxylic acids is 1. The first-order valence-corrected chi connectivity index (χ1v) is 15.2. The van der Waals surface area contributed by atoms with Gasteiger partial charge >= 0.3 is 19.2 Å². The van der Waals surface area contributed by atoms with Gasteiger partial charge < -0.3 is 34.5 Å². The minimum atomic E-state index is -1.12. The van der Waals surface area contributed by atoms with Crippen LogP contribution in [0.4, 0.5) is 4.79 Å². The molecule has 4 fully saturated rings. The van der Waals surface area contributed by atoms with Crippen LogP contribution in [0.15, 0.2) is 48.5 Å². The SMILES string of the molecule is COc1c(CC(NC(=O)C(NC(=O)OC(C)(C)C)c2ccccc2)B2OC3CC4CC(C4(C)C)C3(C)O2)cccc1C(=O)O. The number of carboxylic acids is 1. The fourth-order valence-electron chi connectivity index (χ4n) is 7.32. The molecule has 44 heavy (non-hydrogen) atoms. The van der Waals surface area contributed by atoms with Crippen LogP contribution in [0.2, 0.25) is 0 Å². The summed E-state index contributed by atoms with van der Waals surface area (Å²) in [6.07, 6.45) is 1.22. The predicted octanol–water partition coefficient (Wildman–Crippen LogP) is 4.95. The summed E-state index contributed by atoms with van der Waals surface area (Å²) < 4.78 is 24.3. The second-order valence-electron chi connectivity index (χ2n) is 13.9. The molecule has 10 nitrogen and oxygen atoms in total. The number of carbonyl (C=O) groups is 3. The number of carbonyl (C=O) groups excluding carboxylic acids is 2. The first-order chi connectivity index (χ1) is 20.6. The minimum Gasteiger partial charge on any atom is -0.496 e. The molecular formula is C33H43BN2O8. The van der Waals surface area contributed by atoms with Gasteiger partial charge in [0.2, 0.25) is 5.91 Å². The second kappa shape index (κ2) is 11.7. The number of ether oxygens (including phenoxy) is 2. The van der Waals surface area contributed by atoms with Crippen LogP contribution in [0.25, 0.3) is 0 Å². The van der Waals surface area contributed by atoms with Crippen LogP contribution in [-0.4, -0.2) is 60.6 Å². The topological polar surface area (TPSA) is 132 Å². The van der Waals surface area contributed by atoms with Gasteiger partial charge in [-0.05, 0) is 81.4 Å². The molecule has 3 N–H and O–H groups in total. The van der Waals surface area contributed by atoms with Crippen LogP contribution in [-0.2, 0) is 25.3 Å². The van der Waals surface area contributed by atoms with E-state index in [0.717, 1.165) is 12.8 Å². The summed E-state index contributed by atoms with van der Waals surface area (Å²) in [4.78, 5) is 38.9. The predicted molar refractivity (Wildman–Crippen MR) is 164 cm³/mol. The molecule has 0 spiro atoms. The van der Waals surface area contributed by atoms with Gasteiger partial charge in [0.25, 0.3) is 0 Å². The standard InChI is InChI=1S/C33H43BN2O8/c1-31(2,3)42-30(40)36-26(19-12-9-8-10-13-19)28(37)35-25(16-20-14-11-15-22(29(38)39)27(20)41-7)34-43-24-18-21-17-23(32(21,4)5)33(24,6)44-34/h8-15,21,23-26H,16-18H2,1-7H3,(H,35,37)(H,36,40)(H,38,39). The van der Waals surface area contributed by atoms with E-state index in [2.05, 4.69) is 31.4 Å². The highest BCUT2D eigenvalue weighted by molar-refractivity contribution is 6.48. The number of methoxy groups -OCH3 is 1. The van der Waals surface area contributed by atoms with Crippen molar-refractivity contribution in [2.45, 2.75) is 90.1 Å². The number of hydrogen-bond donors (Lipinski definition) is 3. The molecule has 6 rings (SSSR count). The smallest absolute Gasteiger partial charge is 0.482 e. The number of rotatable bonds is 9. The Morgan fingerprint density at radius 1 is 1.05 bits per heavy atom. The fraction of sp³-hybridized carbons (Fsp3) is 0.545. The molecule has 1 heterocycles. The molecule has 6 unspecified atom stereocenters. The summed E-state index contributed by atoms with van der Waals surface area (Å²) in [5.41, 5.74) is -0.0200. The molecular weight excluding hydrogens is 563 g/mol. The Bertz CT molecular complexity index is 1410. The number of hydrogen-bond acceptors (Lipinski definition) is 7. The molecule has 2 aromatic carbocycles. The van der Waals surface area contributed by atoms with Crippen molar-refractivity contribution in [1.82, 2.24) is 10.6 Å². The molecule has 0 aromatic heterocycles. The molecule has 236 valence electrons. The molecule has 6 atom stereocenters. The summed E-state index contributed by atoms with van der Waals surface area (Å²) in [7, 11) is 0.600. The Labute approximate surface area is 259 Å². The maximum absolute atomic E-state index is 14.1. The van der Waals surface area contributed by atoms with Crippen molar-refractivity contribution in [2.75, 3.05) is 7.11 Å². The Hall–Kier alpha value is -3.57. The van der Waals surface area contributed by atoms with Crippen molar-refractivity contribution in [2.24, 2.45) is 17.3 Å². The van der Waals surface area contributed by atoms with Gasteiger partial charge in [-0.25, -0.2) is 9.59 Å². The lowest BCUT2D eigenvalue weighted by Gasteiger charge is -2.64. The van der Waals surface area contributed by atoms with Gasteiger partial charge in [-0.15, -0.1) is 0 Å². The van der Waals surface area contributed by atoms with Gasteiger partial charge in [0, 0.05) is 0 Å². The van der Waals surface area contributed by atoms with E-state index in [0.29, 0.717) is 23.0 Å². The molecule has 4 aliphatic rings. The number of amides is 2. The van der Waals surface area contributed by atoms with Crippen molar-refractivity contribution >= 4 is 25.1 Å². The van der Waals surface area contributed by atoms with Gasteiger partial charge in [-0.3, -0.25) is 4.79 Å². The number of carboxylic acid groups (broad SMARTS) is 1. The first kappa shape index (κ1) is 31.8. The van der Waals surface area contributed by atoms with E-state index >= 15 is 0 Å². The van der Waals surface area contributed by atoms with Crippen molar-refractivity contribution in [3.8, 4) is 5.75 Å². The minimum absolute atomic E-state index is 0.0142. The third-order valence-corrected chi connectivity index (χ3v) is 9.65. The normalized spacial score (nSPS) is 26.4. The summed E-state index contributed by atoms with van der Waals surface area (Å²) in [5.74, 6) is -1.31. The number of para-hydroxylation sites is 1. The molecule has 3 saturated carbocycles. The van der Waals surface area contributed by atoms with Crippen LogP contribution in [0.1, 0.15) is 81.9 Å². The lowest BCUT2D eigenvalue weighted by molar-refractivity contribution is -0.199. The van der Waals surface area contributed by atoms with Gasteiger partial charge in [-0.1, -0.05) is 56.3 Å². The van der Waals surface area contributed by atoms with E-state index in [1.165, 1.54) is 13.2 Å². The molecule has 2 aromatic rings. The zero-order valence-corrected chi connectivity index (χ0v) is 26.5. The van der Waals surface area contributed by atoms with E-state index in [1.807, 2.05) is 6.07 Å². The second-order valence-corrected chi connectivity index (χ2v) is 13.9. The van der Waals surface area contributed by atoms with Gasteiger partial charge in [0.05, 0.1) is 24.8 Å². The third kappa shape index (κ3) is 6.04. The summed E-state index contributed by atoms with van der Waals surface area (Å²) in [5, 5.41) is 15.6. The Morgan fingerprint density at radius 2 is 1.75 bits per heavy atom. The average molecular weight is 607 g/mol. The van der Waals surface area contributed by atoms with Crippen LogP contribution in [0.3, 0.4) is 0 Å². The number of nitrogens with one attached hydrogen (secondary N) is 2. The fourth-order valence-corrected chi connectivity index (χ4v) is 7.32. The van der Waals surface area contributed by atoms with Crippen molar-refractivity contribution in [1.29, 1.82) is 0 Å². The zero-order valence-electron chi connectivity index (χ0n) is 26.5. The molecule has 2 amide bonds. The van der Waals surface area contributed by atoms with E-state index < -0.39 is 48.3 Å². The largest absolute Gasteiger partial charge is 0.496 e. The van der Waals surface area contributed by atoms with Crippen molar-refractivity contribution in [3.63, 3.8) is 0 Å². The van der Waals surface area contributed by atoms with Gasteiger partial charge in [0.15, 0.2) is 0 Å². The molecule has 3 aliphatic carbocycles. The lowest BCUT2D eigenvalue weighted by atomic mass is 9.43. The Balaban J connectivity index is 1.47. The number of benzene rings is 2. The summed E-state index contributed by atoms with van der Waals surface area (Å²) in [6.45, 7) is 11.9. The van der Waals surface area contributed by atoms with Crippen LogP contribution in [0, 0.1) is 17.3 Å². The van der Waals surface area contributed by atoms with E-state index in [1.54, 1.807) is 57.2 Å². The van der Waals surface area contributed by atoms with Crippen LogP contribution >= 0.6 is 0 Å². The van der Waals surface area contributed by atoms with E-state index in [9.17, 15) is 19.5 Å². The van der Waals surface area contributed by atoms with E-state index in [4.69, 9.17) is 18.8 Å². The van der Waals surface area contributed by atoms with Gasteiger partial charge in [-0.2, -0.15) is 0 Å². The highest BCUT2D eigenvalue weighted by atomic mass is 16.7. The monoisotopic (exact) mass is 606 g/mol. The third-order valence-electron chi connectivity index (χ3n) is 9.65. The maximum Gasteiger partial charge on any atom is 0.482 e. The summed E-state index contributed by atoms with van der Waals surface area (Å²) >= 11 is 0. The molecule has 2 bridgehead atoms. The Morgan fingerprint density at radius 3 is 2.36 bits per heavy atom. The number of alkyl carbamates (subject to hydrolysis) is 1. The quantitative estimate of drug-likeness (QED) is 0.342. The zero-order chi connectivity index (χ0) is 32.0. The maximum atomic E-state index is 14.1. The first-order valence-electron chi connectivity index (χ1n) is 15.2. The average Bonchev–Trinajstić information content (AvgIpc) is 3.32. The molecule has 1 aliphatic heterocycles. The highest BCUT2D eigenvalue weighted by Gasteiger charge is 2.68.